The fourth-order valence-electron chi connectivity index (χ4n) is 4.30. The Labute approximate surface area is 205 Å². The maximum absolute atomic E-state index is 11.1. The van der Waals surface area contributed by atoms with E-state index < -0.39 is 0 Å². The Morgan fingerprint density at radius 1 is 0.914 bits per heavy atom. The Morgan fingerprint density at radius 3 is 2.31 bits per heavy atom. The van der Waals surface area contributed by atoms with Crippen molar-refractivity contribution in [1.29, 1.82) is 0 Å². The summed E-state index contributed by atoms with van der Waals surface area (Å²) in [5.41, 5.74) is 2.99. The molecule has 1 heterocycles. The average molecular weight is 478 g/mol. The number of nitrogens with zero attached hydrogens (tertiary/aromatic N) is 2. The van der Waals surface area contributed by atoms with Gasteiger partial charge in [0.2, 0.25) is 0 Å². The molecule has 0 aliphatic carbocycles. The van der Waals surface area contributed by atoms with Gasteiger partial charge in [-0.05, 0) is 42.2 Å². The van der Waals surface area contributed by atoms with Crippen molar-refractivity contribution >= 4 is 11.4 Å². The second-order valence-electron chi connectivity index (χ2n) is 8.60. The summed E-state index contributed by atoms with van der Waals surface area (Å²) in [6.45, 7) is 3.15. The van der Waals surface area contributed by atoms with Crippen molar-refractivity contribution in [3.8, 4) is 17.2 Å². The zero-order valence-electron chi connectivity index (χ0n) is 20.1. The van der Waals surface area contributed by atoms with Gasteiger partial charge in [0.1, 0.15) is 12.4 Å². The van der Waals surface area contributed by atoms with Crippen LogP contribution in [0.5, 0.6) is 17.2 Å². The molecule has 3 aromatic rings. The largest absolute Gasteiger partial charge is 0.495 e. The smallest absolute Gasteiger partial charge is 0.271 e. The van der Waals surface area contributed by atoms with Gasteiger partial charge < -0.3 is 19.5 Å². The van der Waals surface area contributed by atoms with Crippen molar-refractivity contribution in [2.75, 3.05) is 32.6 Å². The summed E-state index contributed by atoms with van der Waals surface area (Å²) in [5.74, 6) is 2.07. The van der Waals surface area contributed by atoms with Crippen LogP contribution >= 0.6 is 0 Å². The Morgan fingerprint density at radius 2 is 1.63 bits per heavy atom. The molecule has 1 fully saturated rings. The molecule has 0 spiro atoms. The number of rotatable bonds is 10. The number of nitrogens with one attached hydrogen (secondary N) is 1. The molecule has 4 rings (SSSR count). The van der Waals surface area contributed by atoms with Crippen LogP contribution in [0.4, 0.5) is 11.4 Å². The highest BCUT2D eigenvalue weighted by Crippen LogP contribution is 2.32. The number of hydrogen-bond acceptors (Lipinski definition) is 7. The third-order valence-electron chi connectivity index (χ3n) is 6.21. The monoisotopic (exact) mass is 477 g/mol. The van der Waals surface area contributed by atoms with Crippen molar-refractivity contribution in [3.05, 3.63) is 88.0 Å². The van der Waals surface area contributed by atoms with Crippen LogP contribution < -0.4 is 19.5 Å². The first-order valence-corrected chi connectivity index (χ1v) is 11.7. The van der Waals surface area contributed by atoms with Crippen molar-refractivity contribution in [3.63, 3.8) is 0 Å². The van der Waals surface area contributed by atoms with E-state index in [0.29, 0.717) is 18.0 Å². The molecule has 1 aliphatic heterocycles. The van der Waals surface area contributed by atoms with Crippen LogP contribution in [0.25, 0.3) is 0 Å². The van der Waals surface area contributed by atoms with Gasteiger partial charge in [0.05, 0.1) is 24.8 Å². The zero-order valence-corrected chi connectivity index (χ0v) is 20.1. The maximum atomic E-state index is 11.1. The molecule has 0 aromatic heterocycles. The van der Waals surface area contributed by atoms with Crippen LogP contribution in [0.2, 0.25) is 0 Å². The van der Waals surface area contributed by atoms with Crippen LogP contribution in [0.15, 0.2) is 66.7 Å². The van der Waals surface area contributed by atoms with E-state index in [1.165, 1.54) is 11.6 Å². The van der Waals surface area contributed by atoms with E-state index in [4.69, 9.17) is 14.2 Å². The van der Waals surface area contributed by atoms with Crippen molar-refractivity contribution in [2.24, 2.45) is 0 Å². The predicted molar refractivity (Wildman–Crippen MR) is 135 cm³/mol. The Balaban J connectivity index is 1.31. The van der Waals surface area contributed by atoms with Crippen molar-refractivity contribution < 1.29 is 19.1 Å². The van der Waals surface area contributed by atoms with Gasteiger partial charge in [-0.3, -0.25) is 15.0 Å². The minimum atomic E-state index is -0.389. The van der Waals surface area contributed by atoms with E-state index in [1.807, 2.05) is 42.5 Å². The molecular formula is C27H31N3O5. The number of methoxy groups -OCH3 is 2. The summed E-state index contributed by atoms with van der Waals surface area (Å²) in [7, 11) is 3.23. The number of hydrogen-bond donors (Lipinski definition) is 1. The third kappa shape index (κ3) is 6.42. The zero-order chi connectivity index (χ0) is 24.6. The minimum Gasteiger partial charge on any atom is -0.495 e. The third-order valence-corrected chi connectivity index (χ3v) is 6.21. The number of non-ortho nitro benzene ring substituents is 1. The first-order valence-electron chi connectivity index (χ1n) is 11.7. The summed E-state index contributed by atoms with van der Waals surface area (Å²) in [6.07, 6.45) is 1.86. The normalized spacial score (nSPS) is 14.3. The molecule has 1 N–H and O–H groups in total. The molecule has 184 valence electrons. The topological polar surface area (TPSA) is 86.1 Å². The number of ether oxygens (including phenoxy) is 3. The second kappa shape index (κ2) is 11.6. The molecular weight excluding hydrogens is 446 g/mol. The Kier molecular flexibility index (Phi) is 8.05. The summed E-state index contributed by atoms with van der Waals surface area (Å²) in [5, 5.41) is 14.6. The first-order chi connectivity index (χ1) is 17.1. The van der Waals surface area contributed by atoms with Gasteiger partial charge in [0.25, 0.3) is 5.69 Å². The maximum Gasteiger partial charge on any atom is 0.271 e. The Bertz CT molecular complexity index is 1130. The molecule has 0 saturated carbocycles. The van der Waals surface area contributed by atoms with Crippen LogP contribution in [0, 0.1) is 10.1 Å². The number of piperidine rings is 1. The highest BCUT2D eigenvalue weighted by molar-refractivity contribution is 5.62. The number of nitro benzene ring substituents is 1. The average Bonchev–Trinajstić information content (AvgIpc) is 2.89. The van der Waals surface area contributed by atoms with Gasteiger partial charge in [0, 0.05) is 37.8 Å². The predicted octanol–water partition coefficient (Wildman–Crippen LogP) is 5.27. The molecule has 0 bridgehead atoms. The highest BCUT2D eigenvalue weighted by Gasteiger charge is 2.22. The highest BCUT2D eigenvalue weighted by atomic mass is 16.6. The number of likely N-dealkylation sites (tertiary alicyclic amines) is 1. The van der Waals surface area contributed by atoms with Gasteiger partial charge in [-0.2, -0.15) is 0 Å². The fraction of sp³-hybridized carbons (Fsp3) is 0.333. The lowest BCUT2D eigenvalue weighted by Gasteiger charge is -2.33. The lowest BCUT2D eigenvalue weighted by atomic mass is 10.0. The van der Waals surface area contributed by atoms with E-state index in [1.54, 1.807) is 26.4 Å². The minimum absolute atomic E-state index is 0.0517. The number of nitro groups is 1. The first kappa shape index (κ1) is 24.3. The van der Waals surface area contributed by atoms with Gasteiger partial charge in [-0.1, -0.05) is 36.4 Å². The second-order valence-corrected chi connectivity index (χ2v) is 8.60. The van der Waals surface area contributed by atoms with E-state index in [2.05, 4.69) is 16.3 Å². The van der Waals surface area contributed by atoms with E-state index in [9.17, 15) is 10.1 Å². The molecule has 3 aromatic carbocycles. The summed E-state index contributed by atoms with van der Waals surface area (Å²) < 4.78 is 16.9. The van der Waals surface area contributed by atoms with E-state index >= 15 is 0 Å². The van der Waals surface area contributed by atoms with Crippen LogP contribution in [0.1, 0.15) is 24.0 Å². The molecule has 0 unspecified atom stereocenters. The fourth-order valence-corrected chi connectivity index (χ4v) is 4.30. The van der Waals surface area contributed by atoms with Gasteiger partial charge in [-0.25, -0.2) is 0 Å². The molecule has 0 amide bonds. The van der Waals surface area contributed by atoms with Crippen LogP contribution in [-0.4, -0.2) is 43.2 Å². The quantitative estimate of drug-likeness (QED) is 0.315. The number of anilines is 1. The summed E-state index contributed by atoms with van der Waals surface area (Å²) >= 11 is 0. The summed E-state index contributed by atoms with van der Waals surface area (Å²) in [4.78, 5) is 13.2. The van der Waals surface area contributed by atoms with E-state index in [0.717, 1.165) is 49.5 Å². The molecule has 1 aliphatic rings. The molecule has 35 heavy (non-hydrogen) atoms. The SMILES string of the molecule is COc1ccc([N+](=O)[O-])cc1NC1CCN(Cc2ccc(OCc3ccccc3)c(OC)c2)CC1. The van der Waals surface area contributed by atoms with Crippen LogP contribution in [-0.2, 0) is 13.2 Å². The molecule has 0 radical (unpaired) electrons. The molecule has 8 heteroatoms. The van der Waals surface area contributed by atoms with Crippen molar-refractivity contribution in [1.82, 2.24) is 4.90 Å². The lowest BCUT2D eigenvalue weighted by Crippen LogP contribution is -2.38. The van der Waals surface area contributed by atoms with Gasteiger partial charge in [-0.15, -0.1) is 0 Å². The number of benzene rings is 3. The molecule has 0 atom stereocenters. The van der Waals surface area contributed by atoms with Crippen molar-refractivity contribution in [2.45, 2.75) is 32.0 Å². The molecule has 8 nitrogen and oxygen atoms in total. The Hall–Kier alpha value is -3.78. The lowest BCUT2D eigenvalue weighted by molar-refractivity contribution is -0.384. The standard InChI is InChI=1S/C27H31N3O5/c1-33-25-11-9-23(30(31)32)17-24(25)28-22-12-14-29(15-13-22)18-21-8-10-26(27(16-21)34-2)35-19-20-6-4-3-5-7-20/h3-11,16-17,22,28H,12-15,18-19H2,1-2H3. The van der Waals surface area contributed by atoms with Gasteiger partial charge in [0.15, 0.2) is 11.5 Å². The molecule has 1 saturated heterocycles. The summed E-state index contributed by atoms with van der Waals surface area (Å²) in [6, 6.07) is 21.0. The van der Waals surface area contributed by atoms with Gasteiger partial charge >= 0.3 is 0 Å². The van der Waals surface area contributed by atoms with Crippen LogP contribution in [0.3, 0.4) is 0 Å². The van der Waals surface area contributed by atoms with E-state index in [-0.39, 0.29) is 16.7 Å².